The van der Waals surface area contributed by atoms with E-state index in [-0.39, 0.29) is 5.38 Å². The van der Waals surface area contributed by atoms with Gasteiger partial charge in [-0.25, -0.2) is 9.97 Å². The molecule has 18 heavy (non-hydrogen) atoms. The molecule has 0 aliphatic rings. The number of hydrogen-bond acceptors (Lipinski definition) is 2. The van der Waals surface area contributed by atoms with Crippen LogP contribution < -0.4 is 0 Å². The summed E-state index contributed by atoms with van der Waals surface area (Å²) in [6.45, 7) is 9.33. The van der Waals surface area contributed by atoms with Crippen LogP contribution in [0.5, 0.6) is 0 Å². The van der Waals surface area contributed by atoms with E-state index in [0.717, 1.165) is 35.6 Å². The summed E-state index contributed by atoms with van der Waals surface area (Å²) in [5.74, 6) is 1.52. The van der Waals surface area contributed by atoms with Crippen molar-refractivity contribution in [2.24, 2.45) is 5.92 Å². The van der Waals surface area contributed by atoms with Crippen molar-refractivity contribution in [3.05, 3.63) is 23.7 Å². The number of pyridine rings is 1. The van der Waals surface area contributed by atoms with E-state index in [1.54, 1.807) is 0 Å². The van der Waals surface area contributed by atoms with Crippen LogP contribution in [0, 0.1) is 12.8 Å². The fourth-order valence-electron chi connectivity index (χ4n) is 2.04. The molecule has 0 bridgehead atoms. The molecule has 2 unspecified atom stereocenters. The number of halogens is 1. The normalized spacial score (nSPS) is 14.9. The minimum Gasteiger partial charge on any atom is -0.311 e. The highest BCUT2D eigenvalue weighted by Crippen LogP contribution is 2.25. The summed E-state index contributed by atoms with van der Waals surface area (Å²) < 4.78 is 2.17. The summed E-state index contributed by atoms with van der Waals surface area (Å²) in [6, 6.07) is 4.01. The number of aryl methyl sites for hydroxylation is 1. The summed E-state index contributed by atoms with van der Waals surface area (Å²) in [6.07, 6.45) is 1.14. The van der Waals surface area contributed by atoms with Gasteiger partial charge in [-0.05, 0) is 31.9 Å². The van der Waals surface area contributed by atoms with Crippen LogP contribution in [0.25, 0.3) is 11.2 Å². The molecule has 2 rings (SSSR count). The second kappa shape index (κ2) is 5.27. The van der Waals surface area contributed by atoms with Crippen molar-refractivity contribution in [2.75, 3.05) is 0 Å². The quantitative estimate of drug-likeness (QED) is 0.780. The summed E-state index contributed by atoms with van der Waals surface area (Å²) in [4.78, 5) is 9.22. The predicted octanol–water partition coefficient (Wildman–Crippen LogP) is 4.09. The van der Waals surface area contributed by atoms with E-state index in [2.05, 4.69) is 28.4 Å². The largest absolute Gasteiger partial charge is 0.311 e. The smallest absolute Gasteiger partial charge is 0.160 e. The average molecular weight is 266 g/mol. The molecule has 4 heteroatoms. The van der Waals surface area contributed by atoms with Gasteiger partial charge < -0.3 is 4.57 Å². The molecule has 0 saturated heterocycles. The molecule has 0 amide bonds. The molecule has 0 aliphatic heterocycles. The van der Waals surface area contributed by atoms with Crippen LogP contribution in [-0.4, -0.2) is 14.5 Å². The van der Waals surface area contributed by atoms with Gasteiger partial charge in [-0.2, -0.15) is 0 Å². The van der Waals surface area contributed by atoms with E-state index >= 15 is 0 Å². The second-order valence-electron chi connectivity index (χ2n) is 5.01. The average Bonchev–Trinajstić information content (AvgIpc) is 2.67. The summed E-state index contributed by atoms with van der Waals surface area (Å²) in [5, 5.41) is -0.0939. The van der Waals surface area contributed by atoms with Gasteiger partial charge in [0.1, 0.15) is 11.3 Å². The molecule has 3 nitrogen and oxygen atoms in total. The summed E-state index contributed by atoms with van der Waals surface area (Å²) >= 11 is 6.24. The Bertz CT molecular complexity index is 545. The Kier molecular flexibility index (Phi) is 3.91. The fraction of sp³-hybridized carbons (Fsp3) is 0.571. The van der Waals surface area contributed by atoms with Crippen LogP contribution in [-0.2, 0) is 6.54 Å². The molecule has 2 atom stereocenters. The minimum atomic E-state index is -0.0939. The molecule has 2 heterocycles. The van der Waals surface area contributed by atoms with Gasteiger partial charge in [0.05, 0.1) is 5.38 Å². The SMILES string of the molecule is CCC(C)Cn1c(C(C)Cl)nc2ccc(C)nc21. The lowest BCUT2D eigenvalue weighted by Gasteiger charge is -2.14. The summed E-state index contributed by atoms with van der Waals surface area (Å²) in [5.41, 5.74) is 2.91. The zero-order valence-electron chi connectivity index (χ0n) is 11.4. The van der Waals surface area contributed by atoms with Crippen LogP contribution >= 0.6 is 11.6 Å². The predicted molar refractivity (Wildman–Crippen MR) is 76.0 cm³/mol. The van der Waals surface area contributed by atoms with Gasteiger partial charge in [0.25, 0.3) is 0 Å². The number of nitrogens with zero attached hydrogens (tertiary/aromatic N) is 3. The van der Waals surface area contributed by atoms with Gasteiger partial charge in [-0.15, -0.1) is 11.6 Å². The molecule has 98 valence electrons. The number of rotatable bonds is 4. The van der Waals surface area contributed by atoms with Gasteiger partial charge in [0.2, 0.25) is 0 Å². The zero-order chi connectivity index (χ0) is 13.3. The highest BCUT2D eigenvalue weighted by atomic mass is 35.5. The van der Waals surface area contributed by atoms with E-state index in [9.17, 15) is 0 Å². The van der Waals surface area contributed by atoms with E-state index in [4.69, 9.17) is 11.6 Å². The molecular formula is C14H20ClN3. The van der Waals surface area contributed by atoms with E-state index in [1.165, 1.54) is 0 Å². The molecule has 0 spiro atoms. The van der Waals surface area contributed by atoms with Gasteiger partial charge in [0, 0.05) is 12.2 Å². The van der Waals surface area contributed by atoms with Crippen molar-refractivity contribution in [1.29, 1.82) is 0 Å². The fourth-order valence-corrected chi connectivity index (χ4v) is 2.20. The van der Waals surface area contributed by atoms with E-state index < -0.39 is 0 Å². The monoisotopic (exact) mass is 265 g/mol. The third-order valence-electron chi connectivity index (χ3n) is 3.31. The Morgan fingerprint density at radius 3 is 2.61 bits per heavy atom. The minimum absolute atomic E-state index is 0.0939. The Hall–Kier alpha value is -1.09. The topological polar surface area (TPSA) is 30.7 Å². The van der Waals surface area contributed by atoms with Crippen LogP contribution in [0.2, 0.25) is 0 Å². The molecule has 0 fully saturated rings. The van der Waals surface area contributed by atoms with Gasteiger partial charge in [0.15, 0.2) is 5.65 Å². The van der Waals surface area contributed by atoms with Crippen LogP contribution in [0.15, 0.2) is 12.1 Å². The lowest BCUT2D eigenvalue weighted by molar-refractivity contribution is 0.463. The Labute approximate surface area is 113 Å². The number of fused-ring (bicyclic) bond motifs is 1. The van der Waals surface area contributed by atoms with Crippen molar-refractivity contribution in [1.82, 2.24) is 14.5 Å². The Morgan fingerprint density at radius 2 is 2.00 bits per heavy atom. The molecule has 0 aromatic carbocycles. The maximum absolute atomic E-state index is 6.24. The molecule has 0 saturated carbocycles. The number of imidazole rings is 1. The van der Waals surface area contributed by atoms with E-state index in [0.29, 0.717) is 5.92 Å². The van der Waals surface area contributed by atoms with Crippen LogP contribution in [0.3, 0.4) is 0 Å². The molecule has 0 radical (unpaired) electrons. The Morgan fingerprint density at radius 1 is 1.28 bits per heavy atom. The van der Waals surface area contributed by atoms with E-state index in [1.807, 2.05) is 26.0 Å². The first kappa shape index (κ1) is 13.3. The van der Waals surface area contributed by atoms with Crippen molar-refractivity contribution >= 4 is 22.8 Å². The van der Waals surface area contributed by atoms with Gasteiger partial charge in [-0.1, -0.05) is 20.3 Å². The lowest BCUT2D eigenvalue weighted by atomic mass is 10.1. The maximum Gasteiger partial charge on any atom is 0.160 e. The van der Waals surface area contributed by atoms with Gasteiger partial charge in [-0.3, -0.25) is 0 Å². The molecular weight excluding hydrogens is 246 g/mol. The van der Waals surface area contributed by atoms with Gasteiger partial charge >= 0.3 is 0 Å². The molecule has 2 aromatic rings. The van der Waals surface area contributed by atoms with Crippen molar-refractivity contribution in [3.8, 4) is 0 Å². The van der Waals surface area contributed by atoms with Crippen molar-refractivity contribution in [3.63, 3.8) is 0 Å². The van der Waals surface area contributed by atoms with Crippen LogP contribution in [0.4, 0.5) is 0 Å². The first-order valence-electron chi connectivity index (χ1n) is 6.50. The lowest BCUT2D eigenvalue weighted by Crippen LogP contribution is -2.11. The first-order chi connectivity index (χ1) is 8.52. The third kappa shape index (κ3) is 2.51. The standard InChI is InChI=1S/C14H20ClN3/c1-5-9(2)8-18-13(11(4)15)17-12-7-6-10(3)16-14(12)18/h6-7,9,11H,5,8H2,1-4H3. The number of aromatic nitrogens is 3. The zero-order valence-corrected chi connectivity index (χ0v) is 12.2. The molecule has 0 N–H and O–H groups in total. The third-order valence-corrected chi connectivity index (χ3v) is 3.50. The van der Waals surface area contributed by atoms with Crippen molar-refractivity contribution < 1.29 is 0 Å². The summed E-state index contributed by atoms with van der Waals surface area (Å²) in [7, 11) is 0. The first-order valence-corrected chi connectivity index (χ1v) is 6.94. The molecule has 2 aromatic heterocycles. The second-order valence-corrected chi connectivity index (χ2v) is 5.66. The number of alkyl halides is 1. The highest BCUT2D eigenvalue weighted by molar-refractivity contribution is 6.20. The van der Waals surface area contributed by atoms with Crippen molar-refractivity contribution in [2.45, 2.75) is 46.0 Å². The van der Waals surface area contributed by atoms with Crippen LogP contribution in [0.1, 0.15) is 44.1 Å². The molecule has 0 aliphatic carbocycles. The maximum atomic E-state index is 6.24. The Balaban J connectivity index is 2.57. The highest BCUT2D eigenvalue weighted by Gasteiger charge is 2.17. The number of hydrogen-bond donors (Lipinski definition) is 0.